The van der Waals surface area contributed by atoms with E-state index in [0.29, 0.717) is 5.15 Å². The van der Waals surface area contributed by atoms with Crippen LogP contribution in [-0.2, 0) is 6.42 Å². The van der Waals surface area contributed by atoms with E-state index in [1.54, 1.807) is 12.5 Å². The standard InChI is InChI=1S/C10H11ClN4/c1-3-8-13-9(11)7(2)10(14-8)15-5-4-12-6-15/h4-6H,3H2,1-2H3. The van der Waals surface area contributed by atoms with Gasteiger partial charge < -0.3 is 0 Å². The zero-order valence-corrected chi connectivity index (χ0v) is 9.36. The SMILES string of the molecule is CCc1nc(Cl)c(C)c(-n2ccnc2)n1. The molecule has 2 aromatic rings. The Hall–Kier alpha value is -1.42. The Balaban J connectivity index is 2.60. The summed E-state index contributed by atoms with van der Waals surface area (Å²) in [7, 11) is 0. The van der Waals surface area contributed by atoms with Gasteiger partial charge in [-0.1, -0.05) is 18.5 Å². The fraction of sp³-hybridized carbons (Fsp3) is 0.300. The molecule has 4 nitrogen and oxygen atoms in total. The lowest BCUT2D eigenvalue weighted by Crippen LogP contribution is -2.04. The molecule has 0 saturated heterocycles. The minimum absolute atomic E-state index is 0.505. The number of nitrogens with zero attached hydrogens (tertiary/aromatic N) is 4. The maximum atomic E-state index is 6.03. The first-order chi connectivity index (χ1) is 7.22. The summed E-state index contributed by atoms with van der Waals surface area (Å²) in [6.45, 7) is 3.90. The number of aromatic nitrogens is 4. The second kappa shape index (κ2) is 3.98. The first kappa shape index (κ1) is 10.1. The van der Waals surface area contributed by atoms with E-state index in [1.165, 1.54) is 0 Å². The third kappa shape index (κ3) is 1.85. The van der Waals surface area contributed by atoms with Crippen LogP contribution in [0.15, 0.2) is 18.7 Å². The lowest BCUT2D eigenvalue weighted by atomic mass is 10.3. The molecule has 0 spiro atoms. The third-order valence-electron chi connectivity index (χ3n) is 2.17. The van der Waals surface area contributed by atoms with E-state index >= 15 is 0 Å². The summed E-state index contributed by atoms with van der Waals surface area (Å²) in [4.78, 5) is 12.6. The van der Waals surface area contributed by atoms with E-state index in [0.717, 1.165) is 23.6 Å². The van der Waals surface area contributed by atoms with Gasteiger partial charge in [0.05, 0.1) is 0 Å². The Morgan fingerprint density at radius 1 is 1.40 bits per heavy atom. The first-order valence-corrected chi connectivity index (χ1v) is 5.11. The highest BCUT2D eigenvalue weighted by Gasteiger charge is 2.09. The maximum absolute atomic E-state index is 6.03. The van der Waals surface area contributed by atoms with Crippen LogP contribution in [-0.4, -0.2) is 19.5 Å². The Bertz CT molecular complexity index is 465. The second-order valence-corrected chi connectivity index (χ2v) is 3.56. The second-order valence-electron chi connectivity index (χ2n) is 3.20. The van der Waals surface area contributed by atoms with Crippen LogP contribution in [0.3, 0.4) is 0 Å². The van der Waals surface area contributed by atoms with Crippen molar-refractivity contribution in [2.45, 2.75) is 20.3 Å². The van der Waals surface area contributed by atoms with Crippen molar-refractivity contribution >= 4 is 11.6 Å². The summed E-state index contributed by atoms with van der Waals surface area (Å²) in [5, 5.41) is 0.505. The van der Waals surface area contributed by atoms with Crippen LogP contribution in [0.5, 0.6) is 0 Å². The van der Waals surface area contributed by atoms with Crippen molar-refractivity contribution in [1.29, 1.82) is 0 Å². The zero-order chi connectivity index (χ0) is 10.8. The monoisotopic (exact) mass is 222 g/mol. The van der Waals surface area contributed by atoms with E-state index in [-0.39, 0.29) is 0 Å². The number of aryl methyl sites for hydroxylation is 1. The lowest BCUT2D eigenvalue weighted by Gasteiger charge is -2.08. The molecule has 0 unspecified atom stereocenters. The smallest absolute Gasteiger partial charge is 0.146 e. The molecule has 78 valence electrons. The highest BCUT2D eigenvalue weighted by molar-refractivity contribution is 6.30. The van der Waals surface area contributed by atoms with E-state index in [4.69, 9.17) is 11.6 Å². The fourth-order valence-corrected chi connectivity index (χ4v) is 1.50. The number of hydrogen-bond donors (Lipinski definition) is 0. The van der Waals surface area contributed by atoms with Crippen molar-refractivity contribution in [2.24, 2.45) is 0 Å². The fourth-order valence-electron chi connectivity index (χ4n) is 1.31. The van der Waals surface area contributed by atoms with Crippen LogP contribution >= 0.6 is 11.6 Å². The summed E-state index contributed by atoms with van der Waals surface area (Å²) in [6, 6.07) is 0. The van der Waals surface area contributed by atoms with E-state index < -0.39 is 0 Å². The summed E-state index contributed by atoms with van der Waals surface area (Å²) >= 11 is 6.03. The largest absolute Gasteiger partial charge is 0.290 e. The number of rotatable bonds is 2. The van der Waals surface area contributed by atoms with Crippen molar-refractivity contribution in [3.8, 4) is 5.82 Å². The highest BCUT2D eigenvalue weighted by Crippen LogP contribution is 2.18. The molecule has 0 bridgehead atoms. The molecule has 0 aromatic carbocycles. The molecule has 0 aliphatic carbocycles. The van der Waals surface area contributed by atoms with Gasteiger partial charge >= 0.3 is 0 Å². The van der Waals surface area contributed by atoms with Crippen LogP contribution in [0.25, 0.3) is 5.82 Å². The maximum Gasteiger partial charge on any atom is 0.146 e. The van der Waals surface area contributed by atoms with Crippen LogP contribution in [0.1, 0.15) is 18.3 Å². The molecule has 0 atom stereocenters. The van der Waals surface area contributed by atoms with Gasteiger partial charge in [0.25, 0.3) is 0 Å². The minimum Gasteiger partial charge on any atom is -0.290 e. The van der Waals surface area contributed by atoms with Gasteiger partial charge in [0.2, 0.25) is 0 Å². The minimum atomic E-state index is 0.505. The van der Waals surface area contributed by atoms with E-state index in [2.05, 4.69) is 15.0 Å². The predicted octanol–water partition coefficient (Wildman–Crippen LogP) is 2.19. The quantitative estimate of drug-likeness (QED) is 0.732. The molecule has 0 saturated carbocycles. The van der Waals surface area contributed by atoms with E-state index in [1.807, 2.05) is 24.6 Å². The molecule has 2 heterocycles. The van der Waals surface area contributed by atoms with Gasteiger partial charge in [-0.3, -0.25) is 4.57 Å². The Labute approximate surface area is 93.0 Å². The zero-order valence-electron chi connectivity index (χ0n) is 8.61. The van der Waals surface area contributed by atoms with Crippen LogP contribution in [0.2, 0.25) is 5.15 Å². The van der Waals surface area contributed by atoms with Gasteiger partial charge in [-0.2, -0.15) is 0 Å². The van der Waals surface area contributed by atoms with Crippen molar-refractivity contribution in [3.05, 3.63) is 35.3 Å². The van der Waals surface area contributed by atoms with Gasteiger partial charge in [0.15, 0.2) is 0 Å². The van der Waals surface area contributed by atoms with Gasteiger partial charge in [0, 0.05) is 24.4 Å². The van der Waals surface area contributed by atoms with Gasteiger partial charge in [-0.25, -0.2) is 15.0 Å². The Kier molecular flexibility index (Phi) is 2.68. The van der Waals surface area contributed by atoms with Gasteiger partial charge in [0.1, 0.15) is 23.1 Å². The summed E-state index contributed by atoms with van der Waals surface area (Å²) < 4.78 is 1.84. The molecular weight excluding hydrogens is 212 g/mol. The molecule has 2 rings (SSSR count). The molecule has 5 heteroatoms. The molecule has 0 fully saturated rings. The normalized spacial score (nSPS) is 10.6. The number of imidazole rings is 1. The van der Waals surface area contributed by atoms with E-state index in [9.17, 15) is 0 Å². The third-order valence-corrected chi connectivity index (χ3v) is 2.54. The number of hydrogen-bond acceptors (Lipinski definition) is 3. The molecule has 0 N–H and O–H groups in total. The molecule has 0 aliphatic rings. The van der Waals surface area contributed by atoms with Crippen LogP contribution < -0.4 is 0 Å². The molecular formula is C10H11ClN4. The molecule has 0 aliphatic heterocycles. The number of halogens is 1. The molecule has 0 amide bonds. The van der Waals surface area contributed by atoms with Crippen LogP contribution in [0, 0.1) is 6.92 Å². The molecule has 2 aromatic heterocycles. The molecule has 0 radical (unpaired) electrons. The van der Waals surface area contributed by atoms with Crippen LogP contribution in [0.4, 0.5) is 0 Å². The van der Waals surface area contributed by atoms with Crippen molar-refractivity contribution in [1.82, 2.24) is 19.5 Å². The first-order valence-electron chi connectivity index (χ1n) is 4.73. The molecule has 15 heavy (non-hydrogen) atoms. The summed E-state index contributed by atoms with van der Waals surface area (Å²) in [5.41, 5.74) is 0.867. The Morgan fingerprint density at radius 2 is 2.20 bits per heavy atom. The average molecular weight is 223 g/mol. The summed E-state index contributed by atoms with van der Waals surface area (Å²) in [6.07, 6.45) is 6.01. The predicted molar refractivity (Wildman–Crippen MR) is 58.3 cm³/mol. The average Bonchev–Trinajstić information content (AvgIpc) is 2.75. The lowest BCUT2D eigenvalue weighted by molar-refractivity contribution is 0.873. The van der Waals surface area contributed by atoms with Gasteiger partial charge in [-0.15, -0.1) is 0 Å². The Morgan fingerprint density at radius 3 is 2.80 bits per heavy atom. The van der Waals surface area contributed by atoms with Crippen molar-refractivity contribution in [2.75, 3.05) is 0 Å². The topological polar surface area (TPSA) is 43.6 Å². The highest BCUT2D eigenvalue weighted by atomic mass is 35.5. The van der Waals surface area contributed by atoms with Crippen molar-refractivity contribution in [3.63, 3.8) is 0 Å². The van der Waals surface area contributed by atoms with Crippen molar-refractivity contribution < 1.29 is 0 Å². The summed E-state index contributed by atoms with van der Waals surface area (Å²) in [5.74, 6) is 1.54. The van der Waals surface area contributed by atoms with Gasteiger partial charge in [-0.05, 0) is 6.92 Å².